The molecule has 1 amide bonds. The average Bonchev–Trinajstić information content (AvgIpc) is 2.74. The SMILES string of the molecule is CN(c1ccc(F)cc1)S(=O)(=O)c1cccc(C(=O)Nc2ccc(C#N)cc2)c1. The Morgan fingerprint density at radius 1 is 1.03 bits per heavy atom. The lowest BCUT2D eigenvalue weighted by molar-refractivity contribution is 0.102. The van der Waals surface area contributed by atoms with E-state index in [4.69, 9.17) is 5.26 Å². The second-order valence-corrected chi connectivity index (χ2v) is 8.09. The van der Waals surface area contributed by atoms with Gasteiger partial charge in [-0.2, -0.15) is 5.26 Å². The molecule has 0 aliphatic rings. The molecule has 146 valence electrons. The zero-order valence-electron chi connectivity index (χ0n) is 15.3. The number of nitriles is 1. The number of nitrogens with zero attached hydrogens (tertiary/aromatic N) is 2. The van der Waals surface area contributed by atoms with Crippen molar-refractivity contribution in [3.05, 3.63) is 89.7 Å². The highest BCUT2D eigenvalue weighted by atomic mass is 32.2. The van der Waals surface area contributed by atoms with Crippen molar-refractivity contribution in [1.82, 2.24) is 0 Å². The molecule has 0 radical (unpaired) electrons. The molecule has 3 rings (SSSR count). The van der Waals surface area contributed by atoms with Crippen LogP contribution in [0.1, 0.15) is 15.9 Å². The Labute approximate surface area is 167 Å². The first-order valence-electron chi connectivity index (χ1n) is 8.47. The number of carbonyl (C=O) groups excluding carboxylic acids is 1. The summed E-state index contributed by atoms with van der Waals surface area (Å²) in [4.78, 5) is 12.4. The van der Waals surface area contributed by atoms with Crippen LogP contribution in [0.4, 0.5) is 15.8 Å². The standard InChI is InChI=1S/C21H16FN3O3S/c1-25(19-11-7-17(22)8-12-19)29(27,28)20-4-2-3-16(13-20)21(26)24-18-9-5-15(14-23)6-10-18/h2-13H,1H3,(H,24,26). The van der Waals surface area contributed by atoms with Crippen molar-refractivity contribution in [2.75, 3.05) is 16.7 Å². The van der Waals surface area contributed by atoms with Crippen LogP contribution in [0.25, 0.3) is 0 Å². The summed E-state index contributed by atoms with van der Waals surface area (Å²) in [5, 5.41) is 11.5. The van der Waals surface area contributed by atoms with Crippen LogP contribution in [-0.4, -0.2) is 21.4 Å². The first kappa shape index (κ1) is 20.0. The maximum absolute atomic E-state index is 13.1. The summed E-state index contributed by atoms with van der Waals surface area (Å²) in [6, 6.07) is 19.0. The minimum atomic E-state index is -3.95. The minimum Gasteiger partial charge on any atom is -0.322 e. The Bertz CT molecular complexity index is 1190. The minimum absolute atomic E-state index is 0.0724. The number of halogens is 1. The predicted molar refractivity (Wildman–Crippen MR) is 108 cm³/mol. The maximum Gasteiger partial charge on any atom is 0.264 e. The molecule has 0 saturated heterocycles. The van der Waals surface area contributed by atoms with E-state index < -0.39 is 21.7 Å². The quantitative estimate of drug-likeness (QED) is 0.694. The second-order valence-electron chi connectivity index (χ2n) is 6.12. The van der Waals surface area contributed by atoms with Gasteiger partial charge in [0, 0.05) is 18.3 Å². The van der Waals surface area contributed by atoms with E-state index in [1.807, 2.05) is 6.07 Å². The molecule has 3 aromatic carbocycles. The number of sulfonamides is 1. The molecule has 0 aliphatic carbocycles. The Balaban J connectivity index is 1.84. The Morgan fingerprint density at radius 3 is 2.31 bits per heavy atom. The summed E-state index contributed by atoms with van der Waals surface area (Å²) < 4.78 is 39.9. The van der Waals surface area contributed by atoms with Gasteiger partial charge in [-0.25, -0.2) is 12.8 Å². The van der Waals surface area contributed by atoms with E-state index in [0.29, 0.717) is 16.9 Å². The van der Waals surface area contributed by atoms with Gasteiger partial charge in [-0.05, 0) is 66.7 Å². The van der Waals surface area contributed by atoms with Crippen LogP contribution in [0.2, 0.25) is 0 Å². The van der Waals surface area contributed by atoms with Crippen molar-refractivity contribution in [3.8, 4) is 6.07 Å². The summed E-state index contributed by atoms with van der Waals surface area (Å²) >= 11 is 0. The normalized spacial score (nSPS) is 10.8. The number of carbonyl (C=O) groups is 1. The molecule has 0 saturated carbocycles. The van der Waals surface area contributed by atoms with E-state index >= 15 is 0 Å². The number of hydrogen-bond donors (Lipinski definition) is 1. The van der Waals surface area contributed by atoms with Crippen LogP contribution in [0, 0.1) is 17.1 Å². The third-order valence-electron chi connectivity index (χ3n) is 4.22. The Hall–Kier alpha value is -3.70. The monoisotopic (exact) mass is 409 g/mol. The van der Waals surface area contributed by atoms with Crippen LogP contribution < -0.4 is 9.62 Å². The van der Waals surface area contributed by atoms with Crippen molar-refractivity contribution in [1.29, 1.82) is 5.26 Å². The van der Waals surface area contributed by atoms with E-state index in [1.54, 1.807) is 24.3 Å². The summed E-state index contributed by atoms with van der Waals surface area (Å²) in [6.45, 7) is 0. The highest BCUT2D eigenvalue weighted by molar-refractivity contribution is 7.92. The molecule has 0 aliphatic heterocycles. The summed E-state index contributed by atoms with van der Waals surface area (Å²) in [5.74, 6) is -0.961. The lowest BCUT2D eigenvalue weighted by Crippen LogP contribution is -2.26. The number of nitrogens with one attached hydrogen (secondary N) is 1. The summed E-state index contributed by atoms with van der Waals surface area (Å²) in [7, 11) is -2.59. The zero-order chi connectivity index (χ0) is 21.0. The fourth-order valence-electron chi connectivity index (χ4n) is 2.58. The molecule has 0 aromatic heterocycles. The van der Waals surface area contributed by atoms with Crippen molar-refractivity contribution in [3.63, 3.8) is 0 Å². The van der Waals surface area contributed by atoms with Gasteiger partial charge >= 0.3 is 0 Å². The third-order valence-corrected chi connectivity index (χ3v) is 6.00. The van der Waals surface area contributed by atoms with E-state index in [0.717, 1.165) is 4.31 Å². The van der Waals surface area contributed by atoms with E-state index in [-0.39, 0.29) is 10.5 Å². The number of amides is 1. The first-order chi connectivity index (χ1) is 13.8. The summed E-state index contributed by atoms with van der Waals surface area (Å²) in [6.07, 6.45) is 0. The van der Waals surface area contributed by atoms with E-state index in [1.165, 1.54) is 55.6 Å². The number of anilines is 2. The van der Waals surface area contributed by atoms with Gasteiger partial charge < -0.3 is 5.32 Å². The van der Waals surface area contributed by atoms with Gasteiger partial charge in [0.05, 0.1) is 22.2 Å². The van der Waals surface area contributed by atoms with Gasteiger partial charge in [-0.1, -0.05) is 6.07 Å². The van der Waals surface area contributed by atoms with Crippen LogP contribution in [0.3, 0.4) is 0 Å². The molecule has 0 atom stereocenters. The predicted octanol–water partition coefficient (Wildman–Crippen LogP) is 3.77. The second kappa shape index (κ2) is 8.12. The van der Waals surface area contributed by atoms with Crippen LogP contribution >= 0.6 is 0 Å². The molecule has 1 N–H and O–H groups in total. The maximum atomic E-state index is 13.1. The third kappa shape index (κ3) is 4.42. The number of benzene rings is 3. The van der Waals surface area contributed by atoms with Gasteiger partial charge in [0.1, 0.15) is 5.82 Å². The number of hydrogen-bond acceptors (Lipinski definition) is 4. The van der Waals surface area contributed by atoms with Crippen LogP contribution in [-0.2, 0) is 10.0 Å². The van der Waals surface area contributed by atoms with Crippen molar-refractivity contribution in [2.24, 2.45) is 0 Å². The molecule has 0 fully saturated rings. The number of rotatable bonds is 5. The Kier molecular flexibility index (Phi) is 5.61. The molecule has 3 aromatic rings. The van der Waals surface area contributed by atoms with Gasteiger partial charge in [0.15, 0.2) is 0 Å². The Morgan fingerprint density at radius 2 is 1.69 bits per heavy atom. The van der Waals surface area contributed by atoms with Crippen molar-refractivity contribution < 1.29 is 17.6 Å². The molecule has 8 heteroatoms. The lowest BCUT2D eigenvalue weighted by Gasteiger charge is -2.19. The van der Waals surface area contributed by atoms with Crippen molar-refractivity contribution in [2.45, 2.75) is 4.90 Å². The fraction of sp³-hybridized carbons (Fsp3) is 0.0476. The molecule has 0 unspecified atom stereocenters. The van der Waals surface area contributed by atoms with Gasteiger partial charge in [0.25, 0.3) is 15.9 Å². The highest BCUT2D eigenvalue weighted by Crippen LogP contribution is 2.23. The largest absolute Gasteiger partial charge is 0.322 e. The van der Waals surface area contributed by atoms with Gasteiger partial charge in [-0.3, -0.25) is 9.10 Å². The molecule has 0 bridgehead atoms. The topological polar surface area (TPSA) is 90.3 Å². The molecule has 0 spiro atoms. The van der Waals surface area contributed by atoms with E-state index in [2.05, 4.69) is 5.32 Å². The zero-order valence-corrected chi connectivity index (χ0v) is 16.2. The average molecular weight is 409 g/mol. The molecular formula is C21H16FN3O3S. The molecule has 29 heavy (non-hydrogen) atoms. The fourth-order valence-corrected chi connectivity index (χ4v) is 3.82. The van der Waals surface area contributed by atoms with E-state index in [9.17, 15) is 17.6 Å². The first-order valence-corrected chi connectivity index (χ1v) is 9.91. The molecule has 6 nitrogen and oxygen atoms in total. The van der Waals surface area contributed by atoms with Gasteiger partial charge in [0.2, 0.25) is 0 Å². The molecular weight excluding hydrogens is 393 g/mol. The summed E-state index contributed by atoms with van der Waals surface area (Å²) in [5.41, 5.74) is 1.38. The van der Waals surface area contributed by atoms with Crippen LogP contribution in [0.5, 0.6) is 0 Å². The van der Waals surface area contributed by atoms with Gasteiger partial charge in [-0.15, -0.1) is 0 Å². The van der Waals surface area contributed by atoms with Crippen LogP contribution in [0.15, 0.2) is 77.7 Å². The smallest absolute Gasteiger partial charge is 0.264 e. The lowest BCUT2D eigenvalue weighted by atomic mass is 10.2. The highest BCUT2D eigenvalue weighted by Gasteiger charge is 2.22. The van der Waals surface area contributed by atoms with Crippen molar-refractivity contribution >= 4 is 27.3 Å². The molecule has 0 heterocycles.